The van der Waals surface area contributed by atoms with E-state index >= 15 is 0 Å². The standard InChI is InChI=1S/C14H11N5S/c15-13-8-11(12-6-3-7-20-12)18-19(13)14-16-9-4-1-2-5-10(9)17-14/h1-8H,15H2,(H,16,17). The Kier molecular flexibility index (Phi) is 2.37. The lowest BCUT2D eigenvalue weighted by Gasteiger charge is -1.97. The largest absolute Gasteiger partial charge is 0.383 e. The van der Waals surface area contributed by atoms with E-state index in [1.54, 1.807) is 16.0 Å². The lowest BCUT2D eigenvalue weighted by Crippen LogP contribution is -2.03. The Balaban J connectivity index is 1.85. The van der Waals surface area contributed by atoms with E-state index in [0.717, 1.165) is 21.6 Å². The van der Waals surface area contributed by atoms with Gasteiger partial charge in [0, 0.05) is 6.07 Å². The summed E-state index contributed by atoms with van der Waals surface area (Å²) in [5.74, 6) is 1.19. The fraction of sp³-hybridized carbons (Fsp3) is 0. The highest BCUT2D eigenvalue weighted by Crippen LogP contribution is 2.26. The van der Waals surface area contributed by atoms with Crippen molar-refractivity contribution in [3.63, 3.8) is 0 Å². The van der Waals surface area contributed by atoms with Crippen molar-refractivity contribution in [2.75, 3.05) is 5.73 Å². The molecular formula is C14H11N5S. The summed E-state index contributed by atoms with van der Waals surface area (Å²) in [6.45, 7) is 0. The Morgan fingerprint density at radius 1 is 1.15 bits per heavy atom. The SMILES string of the molecule is Nc1cc(-c2cccs2)nn1-c1nc2ccccc2[nH]1. The van der Waals surface area contributed by atoms with Crippen LogP contribution in [0.3, 0.4) is 0 Å². The van der Waals surface area contributed by atoms with Gasteiger partial charge in [0.15, 0.2) is 0 Å². The minimum Gasteiger partial charge on any atom is -0.383 e. The van der Waals surface area contributed by atoms with E-state index in [0.29, 0.717) is 11.8 Å². The molecule has 0 amide bonds. The Hall–Kier alpha value is -2.60. The van der Waals surface area contributed by atoms with Gasteiger partial charge >= 0.3 is 0 Å². The third-order valence-corrected chi connectivity index (χ3v) is 3.98. The van der Waals surface area contributed by atoms with E-state index in [1.165, 1.54) is 0 Å². The van der Waals surface area contributed by atoms with Crippen LogP contribution in [0.1, 0.15) is 0 Å². The first kappa shape index (κ1) is 11.2. The van der Waals surface area contributed by atoms with E-state index in [9.17, 15) is 0 Å². The topological polar surface area (TPSA) is 72.5 Å². The lowest BCUT2D eigenvalue weighted by molar-refractivity contribution is 0.843. The van der Waals surface area contributed by atoms with E-state index in [-0.39, 0.29) is 0 Å². The maximum Gasteiger partial charge on any atom is 0.231 e. The van der Waals surface area contributed by atoms with Crippen molar-refractivity contribution in [3.05, 3.63) is 47.8 Å². The quantitative estimate of drug-likeness (QED) is 0.593. The number of nitrogens with two attached hydrogens (primary N) is 1. The number of nitrogen functional groups attached to an aromatic ring is 1. The third kappa shape index (κ3) is 1.70. The fourth-order valence-corrected chi connectivity index (χ4v) is 2.83. The average molecular weight is 281 g/mol. The van der Waals surface area contributed by atoms with Crippen LogP contribution in [0.25, 0.3) is 27.6 Å². The van der Waals surface area contributed by atoms with Crippen molar-refractivity contribution in [2.24, 2.45) is 0 Å². The number of para-hydroxylation sites is 2. The van der Waals surface area contributed by atoms with Crippen LogP contribution in [0.5, 0.6) is 0 Å². The zero-order valence-corrected chi connectivity index (χ0v) is 11.3. The Morgan fingerprint density at radius 2 is 2.05 bits per heavy atom. The third-order valence-electron chi connectivity index (χ3n) is 3.09. The second kappa shape index (κ2) is 4.21. The molecule has 0 bridgehead atoms. The molecular weight excluding hydrogens is 270 g/mol. The van der Waals surface area contributed by atoms with Crippen LogP contribution < -0.4 is 5.73 Å². The zero-order valence-electron chi connectivity index (χ0n) is 10.4. The highest BCUT2D eigenvalue weighted by atomic mass is 32.1. The normalized spacial score (nSPS) is 11.2. The van der Waals surface area contributed by atoms with Gasteiger partial charge in [-0.25, -0.2) is 4.98 Å². The number of hydrogen-bond acceptors (Lipinski definition) is 4. The number of nitrogens with zero attached hydrogens (tertiary/aromatic N) is 3. The van der Waals surface area contributed by atoms with Crippen LogP contribution in [0.4, 0.5) is 5.82 Å². The van der Waals surface area contributed by atoms with Crippen molar-refractivity contribution < 1.29 is 0 Å². The van der Waals surface area contributed by atoms with Crippen molar-refractivity contribution in [2.45, 2.75) is 0 Å². The molecule has 0 spiro atoms. The van der Waals surface area contributed by atoms with E-state index in [4.69, 9.17) is 5.73 Å². The maximum atomic E-state index is 6.05. The second-order valence-electron chi connectivity index (χ2n) is 4.42. The molecule has 0 atom stereocenters. The van der Waals surface area contributed by atoms with Gasteiger partial charge in [-0.15, -0.1) is 11.3 Å². The molecule has 4 rings (SSSR count). The van der Waals surface area contributed by atoms with Crippen molar-refractivity contribution >= 4 is 28.2 Å². The Labute approximate surface area is 118 Å². The van der Waals surface area contributed by atoms with Gasteiger partial charge in [-0.1, -0.05) is 18.2 Å². The molecule has 0 aliphatic heterocycles. The predicted octanol–water partition coefficient (Wildman–Crippen LogP) is 3.06. The summed E-state index contributed by atoms with van der Waals surface area (Å²) >= 11 is 1.64. The molecule has 1 aromatic carbocycles. The number of imidazole rings is 1. The van der Waals surface area contributed by atoms with Gasteiger partial charge < -0.3 is 10.7 Å². The molecule has 6 heteroatoms. The number of H-pyrrole nitrogens is 1. The van der Waals surface area contributed by atoms with Gasteiger partial charge in [-0.05, 0) is 23.6 Å². The van der Waals surface area contributed by atoms with Crippen LogP contribution in [-0.4, -0.2) is 19.7 Å². The summed E-state index contributed by atoms with van der Waals surface area (Å²) in [6, 6.07) is 13.7. The van der Waals surface area contributed by atoms with Crippen LogP contribution in [-0.2, 0) is 0 Å². The summed E-state index contributed by atoms with van der Waals surface area (Å²) in [7, 11) is 0. The number of hydrogen-bond donors (Lipinski definition) is 2. The van der Waals surface area contributed by atoms with Gasteiger partial charge in [0.05, 0.1) is 15.9 Å². The summed E-state index contributed by atoms with van der Waals surface area (Å²) < 4.78 is 1.63. The number of aromatic amines is 1. The number of benzene rings is 1. The lowest BCUT2D eigenvalue weighted by atomic mass is 10.3. The Bertz CT molecular complexity index is 839. The van der Waals surface area contributed by atoms with Crippen molar-refractivity contribution in [3.8, 4) is 16.5 Å². The monoisotopic (exact) mass is 281 g/mol. The highest BCUT2D eigenvalue weighted by Gasteiger charge is 2.12. The molecule has 98 valence electrons. The number of anilines is 1. The molecule has 0 aliphatic carbocycles. The average Bonchev–Trinajstić information content (AvgIpc) is 3.16. The smallest absolute Gasteiger partial charge is 0.231 e. The predicted molar refractivity (Wildman–Crippen MR) is 80.9 cm³/mol. The second-order valence-corrected chi connectivity index (χ2v) is 5.37. The van der Waals surface area contributed by atoms with Crippen molar-refractivity contribution in [1.82, 2.24) is 19.7 Å². The molecule has 0 saturated carbocycles. The molecule has 3 heterocycles. The molecule has 3 aromatic heterocycles. The molecule has 4 aromatic rings. The number of thiophene rings is 1. The first-order chi connectivity index (χ1) is 9.81. The van der Waals surface area contributed by atoms with Crippen LogP contribution >= 0.6 is 11.3 Å². The number of rotatable bonds is 2. The molecule has 0 unspecified atom stereocenters. The molecule has 0 fully saturated rings. The Morgan fingerprint density at radius 3 is 2.85 bits per heavy atom. The molecule has 0 aliphatic rings. The van der Waals surface area contributed by atoms with Gasteiger partial charge in [-0.2, -0.15) is 9.78 Å². The van der Waals surface area contributed by atoms with Crippen LogP contribution in [0.15, 0.2) is 47.8 Å². The van der Waals surface area contributed by atoms with Gasteiger partial charge in [0.25, 0.3) is 0 Å². The van der Waals surface area contributed by atoms with E-state index in [1.807, 2.05) is 47.8 Å². The first-order valence-electron chi connectivity index (χ1n) is 6.16. The highest BCUT2D eigenvalue weighted by molar-refractivity contribution is 7.13. The molecule has 5 nitrogen and oxygen atoms in total. The summed E-state index contributed by atoms with van der Waals surface area (Å²) in [5, 5.41) is 6.55. The van der Waals surface area contributed by atoms with Crippen molar-refractivity contribution in [1.29, 1.82) is 0 Å². The minimum absolute atomic E-state index is 0.562. The van der Waals surface area contributed by atoms with Gasteiger partial charge in [0.1, 0.15) is 11.5 Å². The zero-order chi connectivity index (χ0) is 13.5. The summed E-state index contributed by atoms with van der Waals surface area (Å²) in [4.78, 5) is 8.82. The number of nitrogens with one attached hydrogen (secondary N) is 1. The summed E-state index contributed by atoms with van der Waals surface area (Å²) in [6.07, 6.45) is 0. The molecule has 3 N–H and O–H groups in total. The number of aromatic nitrogens is 4. The maximum absolute atomic E-state index is 6.05. The van der Waals surface area contributed by atoms with Gasteiger partial charge in [0.2, 0.25) is 5.95 Å². The van der Waals surface area contributed by atoms with E-state index < -0.39 is 0 Å². The van der Waals surface area contributed by atoms with E-state index in [2.05, 4.69) is 15.1 Å². The first-order valence-corrected chi connectivity index (χ1v) is 7.04. The number of fused-ring (bicyclic) bond motifs is 1. The minimum atomic E-state index is 0.562. The van der Waals surface area contributed by atoms with Gasteiger partial charge in [-0.3, -0.25) is 0 Å². The van der Waals surface area contributed by atoms with Crippen LogP contribution in [0.2, 0.25) is 0 Å². The van der Waals surface area contributed by atoms with Crippen LogP contribution in [0, 0.1) is 0 Å². The fourth-order valence-electron chi connectivity index (χ4n) is 2.15. The molecule has 20 heavy (non-hydrogen) atoms. The molecule has 0 radical (unpaired) electrons. The molecule has 0 saturated heterocycles. The summed E-state index contributed by atoms with van der Waals surface area (Å²) in [5.41, 5.74) is 8.77.